The van der Waals surface area contributed by atoms with Crippen molar-refractivity contribution in [3.63, 3.8) is 0 Å². The minimum atomic E-state index is -0.417. The van der Waals surface area contributed by atoms with Crippen LogP contribution in [0.1, 0.15) is 27.7 Å². The summed E-state index contributed by atoms with van der Waals surface area (Å²) in [4.78, 5) is 11.6. The van der Waals surface area contributed by atoms with Crippen LogP contribution in [0.4, 0.5) is 0 Å². The second-order valence-corrected chi connectivity index (χ2v) is 6.16. The van der Waals surface area contributed by atoms with Crippen molar-refractivity contribution in [1.29, 1.82) is 0 Å². The minimum absolute atomic E-state index is 0.103. The van der Waals surface area contributed by atoms with E-state index in [4.69, 9.17) is 4.74 Å². The minimum Gasteiger partial charge on any atom is -0.464 e. The monoisotopic (exact) mass is 222 g/mol. The lowest BCUT2D eigenvalue weighted by Crippen LogP contribution is -2.30. The predicted molar refractivity (Wildman–Crippen MR) is 61.3 cm³/mol. The summed E-state index contributed by atoms with van der Waals surface area (Å²) in [5, 5.41) is 0. The highest BCUT2D eigenvalue weighted by Gasteiger charge is 2.34. The molecule has 0 amide bonds. The molecule has 0 N–H and O–H groups in total. The molecular weight excluding hydrogens is 204 g/mol. The van der Waals surface area contributed by atoms with Gasteiger partial charge < -0.3 is 4.74 Å². The lowest BCUT2D eigenvalue weighted by Gasteiger charge is -2.24. The number of hydrogen-bond donors (Lipinski definition) is 0. The maximum Gasteiger partial charge on any atom is 0.332 e. The molecule has 0 aromatic carbocycles. The Labute approximate surface area is 89.2 Å². The third kappa shape index (κ3) is 4.27. The topological polar surface area (TPSA) is 26.3 Å². The summed E-state index contributed by atoms with van der Waals surface area (Å²) < 4.78 is 4.61. The van der Waals surface area contributed by atoms with E-state index in [1.54, 1.807) is 23.5 Å². The van der Waals surface area contributed by atoms with Gasteiger partial charge >= 0.3 is 5.97 Å². The fraction of sp³-hybridized carbons (Fsp3) is 0.889. The van der Waals surface area contributed by atoms with E-state index in [1.165, 1.54) is 0 Å². The van der Waals surface area contributed by atoms with Gasteiger partial charge in [0.25, 0.3) is 0 Å². The van der Waals surface area contributed by atoms with Gasteiger partial charge in [0, 0.05) is 0 Å². The van der Waals surface area contributed by atoms with Crippen LogP contribution in [-0.2, 0) is 9.53 Å². The van der Waals surface area contributed by atoms with Gasteiger partial charge in [-0.15, -0.1) is 23.5 Å². The Morgan fingerprint density at radius 3 is 2.00 bits per heavy atom. The molecule has 0 fully saturated rings. The van der Waals surface area contributed by atoms with Crippen molar-refractivity contribution in [2.75, 3.05) is 18.1 Å². The Bertz CT molecular complexity index is 154. The second-order valence-electron chi connectivity index (χ2n) is 2.53. The third-order valence-electron chi connectivity index (χ3n) is 1.49. The molecule has 0 atom stereocenters. The van der Waals surface area contributed by atoms with Gasteiger partial charge in [-0.05, 0) is 25.4 Å². The summed E-state index contributed by atoms with van der Waals surface area (Å²) in [7, 11) is 0. The molecule has 0 saturated carbocycles. The molecule has 0 unspecified atom stereocenters. The number of thioether (sulfide) groups is 2. The quantitative estimate of drug-likeness (QED) is 0.510. The predicted octanol–water partition coefficient (Wildman–Crippen LogP) is 2.77. The molecular formula is C9H18O2S2. The summed E-state index contributed by atoms with van der Waals surface area (Å²) >= 11 is 3.28. The molecule has 2 nitrogen and oxygen atoms in total. The Balaban J connectivity index is 4.27. The maximum atomic E-state index is 11.6. The van der Waals surface area contributed by atoms with E-state index in [-0.39, 0.29) is 5.97 Å². The first-order valence-corrected chi connectivity index (χ1v) is 6.53. The van der Waals surface area contributed by atoms with E-state index in [0.29, 0.717) is 6.61 Å². The highest BCUT2D eigenvalue weighted by molar-refractivity contribution is 8.19. The second kappa shape index (κ2) is 6.60. The number of hydrogen-bond acceptors (Lipinski definition) is 4. The average Bonchev–Trinajstić information content (AvgIpc) is 2.05. The normalized spacial score (nSPS) is 11.4. The fourth-order valence-electron chi connectivity index (χ4n) is 0.973. The van der Waals surface area contributed by atoms with Gasteiger partial charge in [-0.25, -0.2) is 4.79 Å². The molecule has 0 aliphatic carbocycles. The maximum absolute atomic E-state index is 11.6. The van der Waals surface area contributed by atoms with Crippen molar-refractivity contribution in [1.82, 2.24) is 0 Å². The zero-order valence-electron chi connectivity index (χ0n) is 8.75. The molecule has 0 aliphatic heterocycles. The number of rotatable bonds is 6. The highest BCUT2D eigenvalue weighted by atomic mass is 32.2. The van der Waals surface area contributed by atoms with Crippen LogP contribution in [0.15, 0.2) is 0 Å². The molecule has 0 aromatic heterocycles. The first-order valence-electron chi connectivity index (χ1n) is 4.55. The molecule has 78 valence electrons. The van der Waals surface area contributed by atoms with Crippen LogP contribution in [-0.4, -0.2) is 28.2 Å². The molecule has 0 rings (SSSR count). The van der Waals surface area contributed by atoms with E-state index in [1.807, 2.05) is 13.8 Å². The lowest BCUT2D eigenvalue weighted by atomic mass is 10.5. The molecule has 4 heteroatoms. The zero-order chi connectivity index (χ0) is 10.3. The van der Waals surface area contributed by atoms with Gasteiger partial charge in [-0.1, -0.05) is 13.8 Å². The van der Waals surface area contributed by atoms with Gasteiger partial charge in [-0.2, -0.15) is 0 Å². The van der Waals surface area contributed by atoms with E-state index < -0.39 is 4.08 Å². The smallest absolute Gasteiger partial charge is 0.332 e. The summed E-state index contributed by atoms with van der Waals surface area (Å²) in [6, 6.07) is 0. The van der Waals surface area contributed by atoms with E-state index in [9.17, 15) is 4.79 Å². The van der Waals surface area contributed by atoms with Crippen molar-refractivity contribution >= 4 is 29.5 Å². The van der Waals surface area contributed by atoms with E-state index in [0.717, 1.165) is 11.5 Å². The molecule has 0 spiro atoms. The van der Waals surface area contributed by atoms with Gasteiger partial charge in [0.15, 0.2) is 4.08 Å². The van der Waals surface area contributed by atoms with Gasteiger partial charge in [0.1, 0.15) is 0 Å². The molecule has 0 bridgehead atoms. The van der Waals surface area contributed by atoms with Crippen LogP contribution >= 0.6 is 23.5 Å². The molecule has 0 radical (unpaired) electrons. The van der Waals surface area contributed by atoms with Gasteiger partial charge in [0.05, 0.1) is 6.61 Å². The van der Waals surface area contributed by atoms with Gasteiger partial charge in [-0.3, -0.25) is 0 Å². The van der Waals surface area contributed by atoms with Crippen molar-refractivity contribution in [2.45, 2.75) is 31.8 Å². The third-order valence-corrected chi connectivity index (χ3v) is 4.21. The highest BCUT2D eigenvalue weighted by Crippen LogP contribution is 2.37. The SMILES string of the molecule is CCOC(=O)C(C)(SCC)SCC. The van der Waals surface area contributed by atoms with Crippen molar-refractivity contribution in [3.05, 3.63) is 0 Å². The first kappa shape index (κ1) is 13.2. The van der Waals surface area contributed by atoms with Crippen LogP contribution in [0.5, 0.6) is 0 Å². The molecule has 13 heavy (non-hydrogen) atoms. The number of carbonyl (C=O) groups is 1. The van der Waals surface area contributed by atoms with Crippen molar-refractivity contribution < 1.29 is 9.53 Å². The number of carbonyl (C=O) groups excluding carboxylic acids is 1. The van der Waals surface area contributed by atoms with Crippen LogP contribution < -0.4 is 0 Å². The average molecular weight is 222 g/mol. The number of ether oxygens (including phenoxy) is 1. The lowest BCUT2D eigenvalue weighted by molar-refractivity contribution is -0.143. The van der Waals surface area contributed by atoms with E-state index in [2.05, 4.69) is 13.8 Å². The van der Waals surface area contributed by atoms with Crippen LogP contribution in [0.2, 0.25) is 0 Å². The standard InChI is InChI=1S/C9H18O2S2/c1-5-11-8(10)9(4,12-6-2)13-7-3/h5-7H2,1-4H3. The molecule has 0 aliphatic rings. The van der Waals surface area contributed by atoms with Gasteiger partial charge in [0.2, 0.25) is 0 Å². The molecule has 0 heterocycles. The molecule has 0 aromatic rings. The Morgan fingerprint density at radius 1 is 1.23 bits per heavy atom. The van der Waals surface area contributed by atoms with Crippen LogP contribution in [0.3, 0.4) is 0 Å². The van der Waals surface area contributed by atoms with Crippen molar-refractivity contribution in [2.24, 2.45) is 0 Å². The molecule has 0 saturated heterocycles. The van der Waals surface area contributed by atoms with Crippen molar-refractivity contribution in [3.8, 4) is 0 Å². The van der Waals surface area contributed by atoms with E-state index >= 15 is 0 Å². The van der Waals surface area contributed by atoms with Crippen LogP contribution in [0.25, 0.3) is 0 Å². The summed E-state index contributed by atoms with van der Waals surface area (Å²) in [5.41, 5.74) is 0. The Hall–Kier alpha value is 0.170. The summed E-state index contributed by atoms with van der Waals surface area (Å²) in [6.45, 7) is 8.35. The first-order chi connectivity index (χ1) is 6.10. The number of esters is 1. The fourth-order valence-corrected chi connectivity index (χ4v) is 3.47. The Morgan fingerprint density at radius 2 is 1.69 bits per heavy atom. The summed E-state index contributed by atoms with van der Waals surface area (Å²) in [5.74, 6) is 1.76. The zero-order valence-corrected chi connectivity index (χ0v) is 10.4. The summed E-state index contributed by atoms with van der Waals surface area (Å²) in [6.07, 6.45) is 0. The Kier molecular flexibility index (Phi) is 6.68. The largest absolute Gasteiger partial charge is 0.464 e. The van der Waals surface area contributed by atoms with Crippen LogP contribution in [0, 0.1) is 0 Å².